The number of ether oxygens (including phenoxy) is 1. The highest BCUT2D eigenvalue weighted by Gasteiger charge is 2.09. The van der Waals surface area contributed by atoms with Gasteiger partial charge in [0.1, 0.15) is 5.75 Å². The monoisotopic (exact) mass is 398 g/mol. The number of nitrogens with zero attached hydrogens (tertiary/aromatic N) is 2. The van der Waals surface area contributed by atoms with Crippen LogP contribution in [-0.2, 0) is 0 Å². The summed E-state index contributed by atoms with van der Waals surface area (Å²) in [6, 6.07) is 18.0. The lowest BCUT2D eigenvalue weighted by molar-refractivity contribution is 0.102. The molecular weight excluding hydrogens is 384 g/mol. The Morgan fingerprint density at radius 1 is 0.920 bits per heavy atom. The Kier molecular flexibility index (Phi) is 5.25. The topological polar surface area (TPSA) is 76.1 Å². The molecule has 1 aromatic heterocycles. The number of hydrogen-bond acceptors (Lipinski definition) is 5. The zero-order valence-electron chi connectivity index (χ0n) is 13.4. The first-order valence-corrected chi connectivity index (χ1v) is 8.25. The molecule has 25 heavy (non-hydrogen) atoms. The average molecular weight is 399 g/mol. The molecule has 0 saturated carbocycles. The van der Waals surface area contributed by atoms with Crippen molar-refractivity contribution >= 4 is 39.0 Å². The van der Waals surface area contributed by atoms with Crippen molar-refractivity contribution < 1.29 is 9.53 Å². The molecule has 0 saturated heterocycles. The summed E-state index contributed by atoms with van der Waals surface area (Å²) in [5.41, 5.74) is 1.78. The van der Waals surface area contributed by atoms with E-state index < -0.39 is 0 Å². The van der Waals surface area contributed by atoms with Crippen molar-refractivity contribution in [1.29, 1.82) is 0 Å². The Hall–Kier alpha value is -2.93. The number of carbonyl (C=O) groups is 1. The molecule has 0 aliphatic rings. The SMILES string of the molecule is COc1ccc(Nc2ccc(C(=O)Nc3ccc(Br)cc3)nn2)cc1. The highest BCUT2D eigenvalue weighted by molar-refractivity contribution is 9.10. The largest absolute Gasteiger partial charge is 0.497 e. The van der Waals surface area contributed by atoms with Crippen molar-refractivity contribution in [2.45, 2.75) is 0 Å². The van der Waals surface area contributed by atoms with Gasteiger partial charge in [0, 0.05) is 15.8 Å². The second kappa shape index (κ2) is 7.76. The number of benzene rings is 2. The minimum atomic E-state index is -0.314. The summed E-state index contributed by atoms with van der Waals surface area (Å²) in [5.74, 6) is 1.01. The molecule has 3 aromatic rings. The first kappa shape index (κ1) is 16.9. The first-order chi connectivity index (χ1) is 12.1. The number of carbonyl (C=O) groups excluding carboxylic acids is 1. The van der Waals surface area contributed by atoms with E-state index in [0.29, 0.717) is 11.5 Å². The summed E-state index contributed by atoms with van der Waals surface area (Å²) in [5, 5.41) is 13.9. The molecule has 0 aliphatic heterocycles. The standard InChI is InChI=1S/C18H15BrN4O2/c1-25-15-8-6-13(7-9-15)20-17-11-10-16(22-23-17)18(24)21-14-4-2-12(19)3-5-14/h2-11H,1H3,(H,20,23)(H,21,24). The maximum Gasteiger partial charge on any atom is 0.276 e. The molecule has 2 N–H and O–H groups in total. The van der Waals surface area contributed by atoms with Gasteiger partial charge in [0.2, 0.25) is 0 Å². The van der Waals surface area contributed by atoms with Crippen LogP contribution in [0.4, 0.5) is 17.2 Å². The Morgan fingerprint density at radius 2 is 1.60 bits per heavy atom. The molecule has 6 nitrogen and oxygen atoms in total. The van der Waals surface area contributed by atoms with E-state index in [0.717, 1.165) is 15.9 Å². The molecule has 0 fully saturated rings. The molecule has 0 aliphatic carbocycles. The number of nitrogens with one attached hydrogen (secondary N) is 2. The molecule has 7 heteroatoms. The predicted octanol–water partition coefficient (Wildman–Crippen LogP) is 4.24. The van der Waals surface area contributed by atoms with E-state index in [-0.39, 0.29) is 11.6 Å². The maximum absolute atomic E-state index is 12.2. The van der Waals surface area contributed by atoms with Crippen molar-refractivity contribution in [2.24, 2.45) is 0 Å². The molecule has 1 amide bonds. The van der Waals surface area contributed by atoms with E-state index in [1.165, 1.54) is 0 Å². The molecule has 2 aromatic carbocycles. The summed E-state index contributed by atoms with van der Waals surface area (Å²) in [6.45, 7) is 0. The van der Waals surface area contributed by atoms with E-state index in [2.05, 4.69) is 36.8 Å². The fourth-order valence-electron chi connectivity index (χ4n) is 2.07. The third kappa shape index (κ3) is 4.54. The Bertz CT molecular complexity index is 850. The predicted molar refractivity (Wildman–Crippen MR) is 100 cm³/mol. The van der Waals surface area contributed by atoms with Gasteiger partial charge in [-0.15, -0.1) is 10.2 Å². The van der Waals surface area contributed by atoms with Crippen LogP contribution in [0.3, 0.4) is 0 Å². The summed E-state index contributed by atoms with van der Waals surface area (Å²) in [7, 11) is 1.62. The Balaban J connectivity index is 1.64. The highest BCUT2D eigenvalue weighted by atomic mass is 79.9. The zero-order chi connectivity index (χ0) is 17.6. The fourth-order valence-corrected chi connectivity index (χ4v) is 2.33. The van der Waals surface area contributed by atoms with Gasteiger partial charge < -0.3 is 15.4 Å². The second-order valence-corrected chi connectivity index (χ2v) is 6.03. The first-order valence-electron chi connectivity index (χ1n) is 7.46. The van der Waals surface area contributed by atoms with Crippen LogP contribution < -0.4 is 15.4 Å². The zero-order valence-corrected chi connectivity index (χ0v) is 14.9. The van der Waals surface area contributed by atoms with Crippen LogP contribution in [0.1, 0.15) is 10.5 Å². The van der Waals surface area contributed by atoms with Crippen LogP contribution in [-0.4, -0.2) is 23.2 Å². The normalized spacial score (nSPS) is 10.2. The minimum Gasteiger partial charge on any atom is -0.497 e. The van der Waals surface area contributed by atoms with Gasteiger partial charge in [0.05, 0.1) is 7.11 Å². The number of methoxy groups -OCH3 is 1. The van der Waals surface area contributed by atoms with Crippen molar-refractivity contribution in [3.05, 3.63) is 70.8 Å². The van der Waals surface area contributed by atoms with E-state index in [1.807, 2.05) is 36.4 Å². The van der Waals surface area contributed by atoms with E-state index in [1.54, 1.807) is 31.4 Å². The van der Waals surface area contributed by atoms with Gasteiger partial charge in [-0.1, -0.05) is 15.9 Å². The molecule has 1 heterocycles. The minimum absolute atomic E-state index is 0.239. The summed E-state index contributed by atoms with van der Waals surface area (Å²) in [6.07, 6.45) is 0. The molecule has 0 radical (unpaired) electrons. The van der Waals surface area contributed by atoms with E-state index >= 15 is 0 Å². The van der Waals surface area contributed by atoms with Crippen LogP contribution in [0, 0.1) is 0 Å². The lowest BCUT2D eigenvalue weighted by Crippen LogP contribution is -2.14. The number of hydrogen-bond donors (Lipinski definition) is 2. The lowest BCUT2D eigenvalue weighted by Gasteiger charge is -2.07. The average Bonchev–Trinajstić information content (AvgIpc) is 2.65. The Morgan fingerprint density at radius 3 is 2.20 bits per heavy atom. The van der Waals surface area contributed by atoms with Gasteiger partial charge in [-0.3, -0.25) is 4.79 Å². The van der Waals surface area contributed by atoms with Gasteiger partial charge in [-0.05, 0) is 60.7 Å². The van der Waals surface area contributed by atoms with Crippen LogP contribution in [0.15, 0.2) is 65.1 Å². The van der Waals surface area contributed by atoms with Crippen molar-refractivity contribution in [3.8, 4) is 5.75 Å². The molecule has 0 atom stereocenters. The summed E-state index contributed by atoms with van der Waals surface area (Å²) in [4.78, 5) is 12.2. The van der Waals surface area contributed by atoms with Gasteiger partial charge in [-0.2, -0.15) is 0 Å². The van der Waals surface area contributed by atoms with E-state index in [9.17, 15) is 4.79 Å². The van der Waals surface area contributed by atoms with Crippen LogP contribution >= 0.6 is 15.9 Å². The quantitative estimate of drug-likeness (QED) is 0.671. The molecule has 0 spiro atoms. The lowest BCUT2D eigenvalue weighted by atomic mass is 10.3. The summed E-state index contributed by atoms with van der Waals surface area (Å²) >= 11 is 3.35. The summed E-state index contributed by atoms with van der Waals surface area (Å²) < 4.78 is 6.06. The Labute approximate surface area is 153 Å². The molecule has 0 unspecified atom stereocenters. The van der Waals surface area contributed by atoms with Gasteiger partial charge in [0.15, 0.2) is 11.5 Å². The molecule has 3 rings (SSSR count). The van der Waals surface area contributed by atoms with Crippen molar-refractivity contribution in [2.75, 3.05) is 17.7 Å². The van der Waals surface area contributed by atoms with Gasteiger partial charge in [0.25, 0.3) is 5.91 Å². The molecule has 0 bridgehead atoms. The molecular formula is C18H15BrN4O2. The number of halogens is 1. The highest BCUT2D eigenvalue weighted by Crippen LogP contribution is 2.19. The third-order valence-corrected chi connectivity index (χ3v) is 3.89. The smallest absolute Gasteiger partial charge is 0.276 e. The number of rotatable bonds is 5. The number of amides is 1. The van der Waals surface area contributed by atoms with Crippen LogP contribution in [0.2, 0.25) is 0 Å². The fraction of sp³-hybridized carbons (Fsp3) is 0.0556. The van der Waals surface area contributed by atoms with Crippen molar-refractivity contribution in [1.82, 2.24) is 10.2 Å². The van der Waals surface area contributed by atoms with Crippen LogP contribution in [0.5, 0.6) is 5.75 Å². The van der Waals surface area contributed by atoms with Crippen molar-refractivity contribution in [3.63, 3.8) is 0 Å². The van der Waals surface area contributed by atoms with Crippen LogP contribution in [0.25, 0.3) is 0 Å². The van der Waals surface area contributed by atoms with Gasteiger partial charge >= 0.3 is 0 Å². The van der Waals surface area contributed by atoms with E-state index in [4.69, 9.17) is 4.74 Å². The number of anilines is 3. The van der Waals surface area contributed by atoms with Gasteiger partial charge in [-0.25, -0.2) is 0 Å². The molecule has 126 valence electrons. The second-order valence-electron chi connectivity index (χ2n) is 5.12. The number of aromatic nitrogens is 2. The maximum atomic E-state index is 12.2. The third-order valence-electron chi connectivity index (χ3n) is 3.36.